The number of carbonyl (C=O) groups excluding carboxylic acids is 1. The molecule has 1 aliphatic heterocycles. The number of fused-ring (bicyclic) bond motifs is 1. The zero-order valence-corrected chi connectivity index (χ0v) is 21.0. The summed E-state index contributed by atoms with van der Waals surface area (Å²) < 4.78 is 2.25. The molecule has 2 atom stereocenters. The molecule has 5 rings (SSSR count). The van der Waals surface area contributed by atoms with Gasteiger partial charge in [0.2, 0.25) is 0 Å². The number of hydrogen-bond donors (Lipinski definition) is 1. The van der Waals surface area contributed by atoms with Crippen LogP contribution in [0.2, 0.25) is 5.02 Å². The molecule has 0 spiro atoms. The van der Waals surface area contributed by atoms with Crippen LogP contribution in [0, 0.1) is 6.92 Å². The molecule has 0 fully saturated rings. The number of aromatic nitrogens is 2. The Labute approximate surface area is 207 Å². The first-order valence-corrected chi connectivity index (χ1v) is 13.1. The summed E-state index contributed by atoms with van der Waals surface area (Å²) in [5.74, 6) is -0.0407. The second-order valence-electron chi connectivity index (χ2n) is 8.21. The molecule has 0 radical (unpaired) electrons. The summed E-state index contributed by atoms with van der Waals surface area (Å²) in [5, 5.41) is 6.84. The lowest BCUT2D eigenvalue weighted by Gasteiger charge is -2.32. The third-order valence-corrected chi connectivity index (χ3v) is 8.57. The molecule has 168 valence electrons. The maximum atomic E-state index is 13.1. The van der Waals surface area contributed by atoms with Gasteiger partial charge in [-0.15, -0.1) is 11.3 Å². The number of rotatable bonds is 6. The Balaban J connectivity index is 1.60. The first kappa shape index (κ1) is 22.3. The highest BCUT2D eigenvalue weighted by Gasteiger charge is 2.33. The van der Waals surface area contributed by atoms with Gasteiger partial charge in [-0.05, 0) is 44.0 Å². The largest absolute Gasteiger partial charge is 0.350 e. The first-order chi connectivity index (χ1) is 16.0. The third-order valence-electron chi connectivity index (χ3n) is 6.06. The van der Waals surface area contributed by atoms with E-state index in [1.54, 1.807) is 11.3 Å². The summed E-state index contributed by atoms with van der Waals surface area (Å²) in [7, 11) is 0. The van der Waals surface area contributed by atoms with Crippen LogP contribution >= 0.6 is 34.7 Å². The Morgan fingerprint density at radius 3 is 2.73 bits per heavy atom. The minimum absolute atomic E-state index is 0.0407. The molecule has 3 heterocycles. The number of nitrogens with one attached hydrogen (secondary N) is 1. The molecule has 7 heteroatoms. The lowest BCUT2D eigenvalue weighted by molar-refractivity contribution is 0.0938. The third kappa shape index (κ3) is 4.01. The van der Waals surface area contributed by atoms with Crippen molar-refractivity contribution in [2.75, 3.05) is 0 Å². The minimum atomic E-state index is -0.0407. The molecular weight excluding hydrogens is 470 g/mol. The highest BCUT2D eigenvalue weighted by atomic mass is 35.5. The highest BCUT2D eigenvalue weighted by molar-refractivity contribution is 8.01. The summed E-state index contributed by atoms with van der Waals surface area (Å²) in [4.78, 5) is 19.3. The predicted molar refractivity (Wildman–Crippen MR) is 138 cm³/mol. The fourth-order valence-corrected chi connectivity index (χ4v) is 6.38. The van der Waals surface area contributed by atoms with Crippen molar-refractivity contribution in [3.63, 3.8) is 0 Å². The van der Waals surface area contributed by atoms with Gasteiger partial charge in [0.15, 0.2) is 0 Å². The van der Waals surface area contributed by atoms with Crippen molar-refractivity contribution in [3.8, 4) is 22.0 Å². The van der Waals surface area contributed by atoms with Crippen LogP contribution < -0.4 is 5.32 Å². The fourth-order valence-electron chi connectivity index (χ4n) is 4.01. The van der Waals surface area contributed by atoms with Gasteiger partial charge in [0.05, 0.1) is 22.0 Å². The second-order valence-corrected chi connectivity index (χ2v) is 10.6. The van der Waals surface area contributed by atoms with E-state index in [0.717, 1.165) is 34.1 Å². The van der Waals surface area contributed by atoms with E-state index in [1.807, 2.05) is 55.9 Å². The van der Waals surface area contributed by atoms with Crippen molar-refractivity contribution in [1.82, 2.24) is 14.9 Å². The maximum absolute atomic E-state index is 13.1. The molecule has 0 bridgehead atoms. The summed E-state index contributed by atoms with van der Waals surface area (Å²) >= 11 is 9.80. The lowest BCUT2D eigenvalue weighted by atomic mass is 10.2. The predicted octanol–water partition coefficient (Wildman–Crippen LogP) is 7.42. The van der Waals surface area contributed by atoms with Gasteiger partial charge in [-0.3, -0.25) is 4.79 Å². The van der Waals surface area contributed by atoms with Crippen LogP contribution in [0.4, 0.5) is 0 Å². The van der Waals surface area contributed by atoms with E-state index in [4.69, 9.17) is 16.6 Å². The summed E-state index contributed by atoms with van der Waals surface area (Å²) in [6.07, 6.45) is 0.886. The Morgan fingerprint density at radius 1 is 1.21 bits per heavy atom. The highest BCUT2D eigenvalue weighted by Crippen LogP contribution is 2.52. The molecule has 0 saturated carbocycles. The Bertz CT molecular complexity index is 1340. The molecule has 4 nitrogen and oxygen atoms in total. The number of hydrogen-bond acceptors (Lipinski definition) is 4. The normalized spacial score (nSPS) is 15.6. The number of thioether (sulfide) groups is 1. The van der Waals surface area contributed by atoms with Gasteiger partial charge in [-0.25, -0.2) is 4.98 Å². The molecule has 2 unspecified atom stereocenters. The van der Waals surface area contributed by atoms with Gasteiger partial charge >= 0.3 is 0 Å². The average Bonchev–Trinajstić information content (AvgIpc) is 3.40. The van der Waals surface area contributed by atoms with Crippen LogP contribution in [0.15, 0.2) is 64.9 Å². The molecule has 33 heavy (non-hydrogen) atoms. The molecule has 2 aromatic heterocycles. The van der Waals surface area contributed by atoms with E-state index in [2.05, 4.69) is 46.5 Å². The van der Waals surface area contributed by atoms with Gasteiger partial charge in [0, 0.05) is 27.6 Å². The van der Waals surface area contributed by atoms with E-state index in [1.165, 1.54) is 10.5 Å². The van der Waals surface area contributed by atoms with Gasteiger partial charge in [0.1, 0.15) is 10.4 Å². The van der Waals surface area contributed by atoms with E-state index in [9.17, 15) is 4.79 Å². The van der Waals surface area contributed by atoms with Gasteiger partial charge < -0.3 is 9.88 Å². The van der Waals surface area contributed by atoms with E-state index in [0.29, 0.717) is 10.6 Å². The molecule has 1 N–H and O–H groups in total. The molecule has 0 aliphatic carbocycles. The van der Waals surface area contributed by atoms with E-state index < -0.39 is 0 Å². The monoisotopic (exact) mass is 493 g/mol. The molecular formula is C26H24ClN3OS2. The van der Waals surface area contributed by atoms with Crippen molar-refractivity contribution in [1.29, 1.82) is 0 Å². The van der Waals surface area contributed by atoms with Crippen LogP contribution in [0.1, 0.15) is 47.3 Å². The average molecular weight is 494 g/mol. The zero-order chi connectivity index (χ0) is 23.1. The van der Waals surface area contributed by atoms with Gasteiger partial charge in [-0.2, -0.15) is 0 Å². The quantitative estimate of drug-likeness (QED) is 0.304. The van der Waals surface area contributed by atoms with E-state index in [-0.39, 0.29) is 17.3 Å². The summed E-state index contributed by atoms with van der Waals surface area (Å²) in [6, 6.07) is 18.3. The number of thiazole rings is 1. The van der Waals surface area contributed by atoms with Gasteiger partial charge in [-0.1, -0.05) is 66.7 Å². The lowest BCUT2D eigenvalue weighted by Crippen LogP contribution is -2.32. The van der Waals surface area contributed by atoms with E-state index >= 15 is 0 Å². The van der Waals surface area contributed by atoms with Crippen molar-refractivity contribution in [2.45, 2.75) is 43.5 Å². The Morgan fingerprint density at radius 2 is 1.97 bits per heavy atom. The van der Waals surface area contributed by atoms with Crippen molar-refractivity contribution < 1.29 is 4.79 Å². The number of amides is 1. The molecule has 0 saturated heterocycles. The minimum Gasteiger partial charge on any atom is -0.350 e. The number of benzene rings is 2. The first-order valence-electron chi connectivity index (χ1n) is 11.0. The van der Waals surface area contributed by atoms with Crippen molar-refractivity contribution in [2.24, 2.45) is 0 Å². The van der Waals surface area contributed by atoms with Crippen LogP contribution in [0.25, 0.3) is 22.0 Å². The summed E-state index contributed by atoms with van der Waals surface area (Å²) in [6.45, 7) is 6.12. The Hall–Kier alpha value is -2.54. The fraction of sp³-hybridized carbons (Fsp3) is 0.231. The molecule has 4 aromatic rings. The Kier molecular flexibility index (Phi) is 6.08. The number of halogens is 1. The van der Waals surface area contributed by atoms with Crippen molar-refractivity contribution >= 4 is 40.6 Å². The van der Waals surface area contributed by atoms with Crippen LogP contribution in [-0.2, 0) is 0 Å². The van der Waals surface area contributed by atoms with Crippen LogP contribution in [-0.4, -0.2) is 21.5 Å². The second kappa shape index (κ2) is 9.01. The summed E-state index contributed by atoms with van der Waals surface area (Å²) in [5.41, 5.74) is 5.64. The number of carbonyl (C=O) groups is 1. The van der Waals surface area contributed by atoms with Crippen LogP contribution in [0.5, 0.6) is 0 Å². The topological polar surface area (TPSA) is 46.9 Å². The smallest absolute Gasteiger partial charge is 0.253 e. The van der Waals surface area contributed by atoms with Crippen molar-refractivity contribution in [3.05, 3.63) is 81.8 Å². The number of nitrogens with zero attached hydrogens (tertiary/aromatic N) is 2. The zero-order valence-electron chi connectivity index (χ0n) is 18.6. The molecule has 1 amide bonds. The maximum Gasteiger partial charge on any atom is 0.253 e. The van der Waals surface area contributed by atoms with Crippen LogP contribution in [0.3, 0.4) is 0 Å². The standard InChI is InChI=1S/C26H24ClN3OS2/c1-4-15(2)28-24(31)19-13-22(21-14-32-25(29-21)17-9-5-7-11-20(17)27)30(16(19)3)26-18-10-6-8-12-23(18)33-26/h5-15,26H,4H2,1-3H3,(H,28,31). The molecule has 1 aliphatic rings. The van der Waals surface area contributed by atoms with Gasteiger partial charge in [0.25, 0.3) is 5.91 Å². The SMILES string of the molecule is CCC(C)NC(=O)c1cc(-c2csc(-c3ccccc3Cl)n2)n(C2Sc3ccccc32)c1C. The molecule has 2 aromatic carbocycles.